The van der Waals surface area contributed by atoms with Gasteiger partial charge in [-0.2, -0.15) is 13.2 Å². The van der Waals surface area contributed by atoms with Crippen molar-refractivity contribution >= 4 is 51.9 Å². The van der Waals surface area contributed by atoms with Crippen LogP contribution in [0.3, 0.4) is 0 Å². The van der Waals surface area contributed by atoms with E-state index >= 15 is 0 Å². The molecule has 0 aromatic heterocycles. The highest BCUT2D eigenvalue weighted by molar-refractivity contribution is 8.27. The first-order valence-corrected chi connectivity index (χ1v) is 9.78. The first-order chi connectivity index (χ1) is 14.6. The average Bonchev–Trinajstić information content (AvgIpc) is 2.99. The van der Waals surface area contributed by atoms with Gasteiger partial charge in [0, 0.05) is 0 Å². The van der Waals surface area contributed by atoms with E-state index in [2.05, 4.69) is 0 Å². The van der Waals surface area contributed by atoms with Gasteiger partial charge >= 0.3 is 6.18 Å². The first kappa shape index (κ1) is 22.6. The molecule has 0 N–H and O–H groups in total. The molecule has 1 aliphatic heterocycles. The Hall–Kier alpha value is -3.05. The van der Waals surface area contributed by atoms with Gasteiger partial charge < -0.3 is 19.4 Å². The van der Waals surface area contributed by atoms with Crippen LogP contribution < -0.4 is 19.5 Å². The molecule has 162 valence electrons. The zero-order valence-electron chi connectivity index (χ0n) is 15.8. The van der Waals surface area contributed by atoms with Gasteiger partial charge in [-0.1, -0.05) is 36.1 Å². The number of anilines is 1. The highest BCUT2D eigenvalue weighted by atomic mass is 32.2. The number of halogens is 3. The molecule has 0 spiro atoms. The van der Waals surface area contributed by atoms with E-state index in [4.69, 9.17) is 21.7 Å². The Morgan fingerprint density at radius 1 is 1.23 bits per heavy atom. The number of carboxylic acids is 1. The molecule has 6 nitrogen and oxygen atoms in total. The molecule has 11 heteroatoms. The summed E-state index contributed by atoms with van der Waals surface area (Å²) in [5.41, 5.74) is -0.355. The molecule has 1 aliphatic rings. The number of nitrogens with zero attached hydrogens (tertiary/aromatic N) is 1. The van der Waals surface area contributed by atoms with Crippen LogP contribution in [0.4, 0.5) is 18.9 Å². The maximum atomic E-state index is 13.0. The molecule has 0 radical (unpaired) electrons. The van der Waals surface area contributed by atoms with E-state index in [1.165, 1.54) is 37.5 Å². The van der Waals surface area contributed by atoms with Gasteiger partial charge in [-0.3, -0.25) is 9.69 Å². The van der Waals surface area contributed by atoms with Gasteiger partial charge in [0.1, 0.15) is 6.61 Å². The number of hydrogen-bond acceptors (Lipinski definition) is 7. The van der Waals surface area contributed by atoms with Crippen molar-refractivity contribution in [1.29, 1.82) is 0 Å². The van der Waals surface area contributed by atoms with Crippen molar-refractivity contribution < 1.29 is 37.3 Å². The van der Waals surface area contributed by atoms with Crippen LogP contribution in [0.25, 0.3) is 6.08 Å². The van der Waals surface area contributed by atoms with E-state index in [0.717, 1.165) is 28.8 Å². The van der Waals surface area contributed by atoms with Gasteiger partial charge in [-0.25, -0.2) is 0 Å². The minimum atomic E-state index is -4.55. The molecule has 1 heterocycles. The summed E-state index contributed by atoms with van der Waals surface area (Å²) in [6.07, 6.45) is -3.05. The lowest BCUT2D eigenvalue weighted by atomic mass is 10.1. The van der Waals surface area contributed by atoms with Crippen LogP contribution in [0.2, 0.25) is 0 Å². The summed E-state index contributed by atoms with van der Waals surface area (Å²) >= 11 is 6.14. The summed E-state index contributed by atoms with van der Waals surface area (Å²) in [6.45, 7) is -0.661. The standard InChI is InChI=1S/C20H14F3NO5S2/c1-28-15-7-11(5-6-14(15)29-10-17(25)26)8-16-18(27)24(19(30)31-16)13-4-2-3-12(9-13)20(21,22)23/h2-9H,10H2,1H3,(H,25,26)/p-1/b16-8-. The van der Waals surface area contributed by atoms with Crippen molar-refractivity contribution in [2.75, 3.05) is 18.6 Å². The molecule has 1 fully saturated rings. The summed E-state index contributed by atoms with van der Waals surface area (Å²) in [6, 6.07) is 8.88. The van der Waals surface area contributed by atoms with Gasteiger partial charge in [-0.05, 0) is 42.0 Å². The minimum absolute atomic E-state index is 0.0179. The second-order valence-corrected chi connectivity index (χ2v) is 7.81. The summed E-state index contributed by atoms with van der Waals surface area (Å²) in [7, 11) is 1.36. The lowest BCUT2D eigenvalue weighted by Crippen LogP contribution is -2.29. The summed E-state index contributed by atoms with van der Waals surface area (Å²) < 4.78 is 49.3. The second-order valence-electron chi connectivity index (χ2n) is 6.14. The number of rotatable bonds is 6. The van der Waals surface area contributed by atoms with Crippen molar-refractivity contribution in [1.82, 2.24) is 0 Å². The zero-order chi connectivity index (χ0) is 22.8. The third-order valence-corrected chi connectivity index (χ3v) is 5.36. The Labute approximate surface area is 184 Å². The topological polar surface area (TPSA) is 78.9 Å². The third kappa shape index (κ3) is 5.17. The highest BCUT2D eigenvalue weighted by Gasteiger charge is 2.36. The van der Waals surface area contributed by atoms with E-state index < -0.39 is 30.2 Å². The number of amides is 1. The monoisotopic (exact) mass is 468 g/mol. The van der Waals surface area contributed by atoms with Crippen LogP contribution in [0.15, 0.2) is 47.4 Å². The maximum Gasteiger partial charge on any atom is 0.416 e. The molecule has 1 saturated heterocycles. The van der Waals surface area contributed by atoms with Crippen molar-refractivity contribution in [2.24, 2.45) is 0 Å². The molecular weight excluding hydrogens is 455 g/mol. The van der Waals surface area contributed by atoms with Crippen LogP contribution in [-0.2, 0) is 15.8 Å². The first-order valence-electron chi connectivity index (χ1n) is 8.56. The number of methoxy groups -OCH3 is 1. The van der Waals surface area contributed by atoms with Gasteiger partial charge in [0.15, 0.2) is 15.8 Å². The number of thiocarbonyl (C=S) groups is 1. The van der Waals surface area contributed by atoms with Crippen molar-refractivity contribution in [3.05, 3.63) is 58.5 Å². The van der Waals surface area contributed by atoms with Crippen LogP contribution >= 0.6 is 24.0 Å². The van der Waals surface area contributed by atoms with E-state index in [9.17, 15) is 27.9 Å². The fourth-order valence-corrected chi connectivity index (χ4v) is 3.99. The number of carboxylic acid groups (broad SMARTS) is 1. The molecule has 0 atom stereocenters. The van der Waals surface area contributed by atoms with Gasteiger partial charge in [0.05, 0.1) is 29.2 Å². The van der Waals surface area contributed by atoms with Crippen LogP contribution in [0.5, 0.6) is 11.5 Å². The fraction of sp³-hybridized carbons (Fsp3) is 0.150. The quantitative estimate of drug-likeness (QED) is 0.476. The molecule has 1 amide bonds. The number of hydrogen-bond donors (Lipinski definition) is 0. The number of carbonyl (C=O) groups is 2. The van der Waals surface area contributed by atoms with E-state index in [-0.39, 0.29) is 26.4 Å². The summed E-state index contributed by atoms with van der Waals surface area (Å²) in [5, 5.41) is 10.6. The SMILES string of the molecule is COc1cc(/C=C2\SC(=S)N(c3cccc(C(F)(F)F)c3)C2=O)ccc1OCC(=O)[O-]. The molecule has 2 aromatic rings. The van der Waals surface area contributed by atoms with Crippen LogP contribution in [0.1, 0.15) is 11.1 Å². The van der Waals surface area contributed by atoms with E-state index in [1.54, 1.807) is 6.07 Å². The largest absolute Gasteiger partial charge is 0.546 e. The van der Waals surface area contributed by atoms with E-state index in [0.29, 0.717) is 5.56 Å². The lowest BCUT2D eigenvalue weighted by Gasteiger charge is -2.16. The van der Waals surface area contributed by atoms with Gasteiger partial charge in [-0.15, -0.1) is 0 Å². The highest BCUT2D eigenvalue weighted by Crippen LogP contribution is 2.39. The summed E-state index contributed by atoms with van der Waals surface area (Å²) in [4.78, 5) is 24.6. The zero-order valence-corrected chi connectivity index (χ0v) is 17.4. The van der Waals surface area contributed by atoms with Crippen molar-refractivity contribution in [3.63, 3.8) is 0 Å². The van der Waals surface area contributed by atoms with E-state index in [1.807, 2.05) is 0 Å². The Balaban J connectivity index is 1.88. The number of thioether (sulfide) groups is 1. The molecule has 0 bridgehead atoms. The molecule has 2 aromatic carbocycles. The fourth-order valence-electron chi connectivity index (χ4n) is 2.69. The normalized spacial score (nSPS) is 15.5. The molecule has 0 aliphatic carbocycles. The number of ether oxygens (including phenoxy) is 2. The maximum absolute atomic E-state index is 13.0. The minimum Gasteiger partial charge on any atom is -0.546 e. The molecule has 31 heavy (non-hydrogen) atoms. The predicted molar refractivity (Wildman–Crippen MR) is 111 cm³/mol. The number of aliphatic carboxylic acids is 1. The molecule has 0 unspecified atom stereocenters. The predicted octanol–water partition coefficient (Wildman–Crippen LogP) is 3.25. The lowest BCUT2D eigenvalue weighted by molar-refractivity contribution is -0.307. The Bertz CT molecular complexity index is 1080. The molecular formula is C20H13F3NO5S2-. The Morgan fingerprint density at radius 3 is 2.61 bits per heavy atom. The Morgan fingerprint density at radius 2 is 1.97 bits per heavy atom. The van der Waals surface area contributed by atoms with Gasteiger partial charge in [0.25, 0.3) is 5.91 Å². The number of carbonyl (C=O) groups excluding carboxylic acids is 2. The average molecular weight is 468 g/mol. The smallest absolute Gasteiger partial charge is 0.416 e. The van der Waals surface area contributed by atoms with Crippen LogP contribution in [0, 0.1) is 0 Å². The van der Waals surface area contributed by atoms with Crippen molar-refractivity contribution in [2.45, 2.75) is 6.18 Å². The number of benzene rings is 2. The molecule has 0 saturated carbocycles. The third-order valence-electron chi connectivity index (χ3n) is 4.06. The molecule has 3 rings (SSSR count). The number of alkyl halides is 3. The van der Waals surface area contributed by atoms with Crippen molar-refractivity contribution in [3.8, 4) is 11.5 Å². The second kappa shape index (κ2) is 8.98. The van der Waals surface area contributed by atoms with Gasteiger partial charge in [0.2, 0.25) is 0 Å². The van der Waals surface area contributed by atoms with Crippen LogP contribution in [-0.4, -0.2) is 29.9 Å². The Kier molecular flexibility index (Phi) is 6.56. The summed E-state index contributed by atoms with van der Waals surface area (Å²) in [5.74, 6) is -1.57.